The maximum absolute atomic E-state index is 12.5. The second kappa shape index (κ2) is 11.1. The number of ether oxygens (including phenoxy) is 1. The van der Waals surface area contributed by atoms with E-state index in [9.17, 15) is 10.1 Å². The fourth-order valence-corrected chi connectivity index (χ4v) is 4.03. The van der Waals surface area contributed by atoms with Gasteiger partial charge in [0, 0.05) is 18.7 Å². The van der Waals surface area contributed by atoms with Crippen LogP contribution in [0.15, 0.2) is 18.2 Å². The Morgan fingerprint density at radius 1 is 1.33 bits per heavy atom. The fourth-order valence-electron chi connectivity index (χ4n) is 3.05. The van der Waals surface area contributed by atoms with Gasteiger partial charge in [-0.25, -0.2) is 4.98 Å². The molecule has 0 aliphatic carbocycles. The first-order valence-corrected chi connectivity index (χ1v) is 11.0. The van der Waals surface area contributed by atoms with E-state index in [2.05, 4.69) is 35.1 Å². The number of aromatic nitrogens is 1. The SMILES string of the molecule is CCN(CC)C(C)Oc1ccc(-c2nc(C)c(C(=O)NCCN(C)C)s2)cc1C#N. The molecule has 2 aromatic rings. The van der Waals surface area contributed by atoms with Gasteiger partial charge < -0.3 is 15.0 Å². The highest BCUT2D eigenvalue weighted by molar-refractivity contribution is 7.17. The first kappa shape index (κ1) is 23.8. The lowest BCUT2D eigenvalue weighted by atomic mass is 10.1. The fraction of sp³-hybridized carbons (Fsp3) is 0.500. The monoisotopic (exact) mass is 429 g/mol. The van der Waals surface area contributed by atoms with Gasteiger partial charge >= 0.3 is 0 Å². The van der Waals surface area contributed by atoms with Crippen molar-refractivity contribution in [2.75, 3.05) is 40.3 Å². The predicted molar refractivity (Wildman–Crippen MR) is 121 cm³/mol. The van der Waals surface area contributed by atoms with E-state index in [1.54, 1.807) is 12.1 Å². The summed E-state index contributed by atoms with van der Waals surface area (Å²) in [5.41, 5.74) is 1.94. The molecule has 1 amide bonds. The van der Waals surface area contributed by atoms with E-state index in [0.29, 0.717) is 33.4 Å². The number of rotatable bonds is 10. The summed E-state index contributed by atoms with van der Waals surface area (Å²) >= 11 is 1.34. The van der Waals surface area contributed by atoms with E-state index in [1.165, 1.54) is 11.3 Å². The minimum Gasteiger partial charge on any atom is -0.474 e. The third kappa shape index (κ3) is 6.02. The van der Waals surface area contributed by atoms with Gasteiger partial charge in [0.15, 0.2) is 0 Å². The molecule has 0 saturated heterocycles. The van der Waals surface area contributed by atoms with Crippen LogP contribution in [0.25, 0.3) is 10.6 Å². The van der Waals surface area contributed by atoms with Crippen molar-refractivity contribution in [1.82, 2.24) is 20.1 Å². The predicted octanol–water partition coefficient (Wildman–Crippen LogP) is 3.35. The average Bonchev–Trinajstić information content (AvgIpc) is 3.10. The number of benzene rings is 1. The van der Waals surface area contributed by atoms with Crippen molar-refractivity contribution >= 4 is 17.2 Å². The number of amides is 1. The molecule has 30 heavy (non-hydrogen) atoms. The van der Waals surface area contributed by atoms with Gasteiger partial charge in [0.1, 0.15) is 27.9 Å². The van der Waals surface area contributed by atoms with E-state index < -0.39 is 0 Å². The highest BCUT2D eigenvalue weighted by Gasteiger charge is 2.18. The maximum atomic E-state index is 12.5. The third-order valence-electron chi connectivity index (χ3n) is 4.82. The molecule has 0 spiro atoms. The van der Waals surface area contributed by atoms with Crippen LogP contribution in [-0.4, -0.2) is 67.2 Å². The lowest BCUT2D eigenvalue weighted by molar-refractivity contribution is 0.0478. The number of likely N-dealkylation sites (N-methyl/N-ethyl adjacent to an activating group) is 1. The summed E-state index contributed by atoms with van der Waals surface area (Å²) < 4.78 is 6.02. The van der Waals surface area contributed by atoms with Crippen LogP contribution < -0.4 is 10.1 Å². The van der Waals surface area contributed by atoms with Gasteiger partial charge in [-0.3, -0.25) is 9.69 Å². The zero-order chi connectivity index (χ0) is 22.3. The van der Waals surface area contributed by atoms with Gasteiger partial charge in [-0.05, 0) is 59.2 Å². The Labute approximate surface area is 183 Å². The number of hydrogen-bond acceptors (Lipinski definition) is 7. The van der Waals surface area contributed by atoms with Crippen LogP contribution in [0.2, 0.25) is 0 Å². The molecule has 8 heteroatoms. The molecule has 0 aliphatic rings. The Balaban J connectivity index is 2.20. The van der Waals surface area contributed by atoms with Gasteiger partial charge in [0.2, 0.25) is 0 Å². The van der Waals surface area contributed by atoms with E-state index in [0.717, 1.165) is 25.2 Å². The molecule has 1 aromatic carbocycles. The molecule has 162 valence electrons. The minimum absolute atomic E-state index is 0.119. The van der Waals surface area contributed by atoms with Crippen LogP contribution in [0.4, 0.5) is 0 Å². The number of thiazole rings is 1. The summed E-state index contributed by atoms with van der Waals surface area (Å²) in [4.78, 5) is 21.8. The highest BCUT2D eigenvalue weighted by atomic mass is 32.1. The Bertz CT molecular complexity index is 899. The van der Waals surface area contributed by atoms with Gasteiger partial charge in [-0.2, -0.15) is 5.26 Å². The molecule has 1 aromatic heterocycles. The van der Waals surface area contributed by atoms with E-state index in [4.69, 9.17) is 4.74 Å². The molecule has 7 nitrogen and oxygen atoms in total. The molecular weight excluding hydrogens is 398 g/mol. The molecule has 0 bridgehead atoms. The van der Waals surface area contributed by atoms with Crippen molar-refractivity contribution < 1.29 is 9.53 Å². The smallest absolute Gasteiger partial charge is 0.263 e. The summed E-state index contributed by atoms with van der Waals surface area (Å²) in [6.07, 6.45) is -0.127. The number of nitrogens with zero attached hydrogens (tertiary/aromatic N) is 4. The summed E-state index contributed by atoms with van der Waals surface area (Å²) in [5.74, 6) is 0.433. The molecule has 1 atom stereocenters. The zero-order valence-electron chi connectivity index (χ0n) is 18.7. The minimum atomic E-state index is -0.127. The van der Waals surface area contributed by atoms with Crippen molar-refractivity contribution in [2.24, 2.45) is 0 Å². The highest BCUT2D eigenvalue weighted by Crippen LogP contribution is 2.31. The summed E-state index contributed by atoms with van der Waals surface area (Å²) in [7, 11) is 3.93. The lowest BCUT2D eigenvalue weighted by Gasteiger charge is -2.27. The number of carbonyl (C=O) groups is 1. The number of hydrogen-bond donors (Lipinski definition) is 1. The van der Waals surface area contributed by atoms with Gasteiger partial charge in [0.25, 0.3) is 5.91 Å². The van der Waals surface area contributed by atoms with Crippen LogP contribution in [0.3, 0.4) is 0 Å². The molecule has 2 rings (SSSR count). The largest absolute Gasteiger partial charge is 0.474 e. The summed E-state index contributed by atoms with van der Waals surface area (Å²) in [6, 6.07) is 7.69. The molecule has 1 unspecified atom stereocenters. The number of nitriles is 1. The first-order chi connectivity index (χ1) is 14.3. The Morgan fingerprint density at radius 2 is 2.03 bits per heavy atom. The molecule has 0 fully saturated rings. The number of nitrogens with one attached hydrogen (secondary N) is 1. The quantitative estimate of drug-likeness (QED) is 0.584. The Kier molecular flexibility index (Phi) is 8.78. The topological polar surface area (TPSA) is 81.5 Å². The van der Waals surface area contributed by atoms with Crippen molar-refractivity contribution in [3.05, 3.63) is 34.3 Å². The van der Waals surface area contributed by atoms with Gasteiger partial charge in [-0.15, -0.1) is 11.3 Å². The van der Waals surface area contributed by atoms with Gasteiger partial charge in [0.05, 0.1) is 11.3 Å². The van der Waals surface area contributed by atoms with Crippen molar-refractivity contribution in [2.45, 2.75) is 33.9 Å². The summed E-state index contributed by atoms with van der Waals surface area (Å²) in [5, 5.41) is 13.3. The second-order valence-electron chi connectivity index (χ2n) is 7.25. The third-order valence-corrected chi connectivity index (χ3v) is 6.02. The van der Waals surface area contributed by atoms with Crippen LogP contribution in [0.5, 0.6) is 5.75 Å². The van der Waals surface area contributed by atoms with E-state index in [-0.39, 0.29) is 12.1 Å². The molecule has 1 heterocycles. The molecule has 1 N–H and O–H groups in total. The number of aryl methyl sites for hydroxylation is 1. The standard InChI is InChI=1S/C22H31N5O2S/c1-7-27(8-2)16(4)29-19-10-9-17(13-18(19)14-23)22-25-15(3)20(30-22)21(28)24-11-12-26(5)6/h9-10,13,16H,7-8,11-12H2,1-6H3,(H,24,28). The lowest BCUT2D eigenvalue weighted by Crippen LogP contribution is -2.37. The molecule has 0 radical (unpaired) electrons. The van der Waals surface area contributed by atoms with Gasteiger partial charge in [-0.1, -0.05) is 13.8 Å². The van der Waals surface area contributed by atoms with E-state index >= 15 is 0 Å². The second-order valence-corrected chi connectivity index (χ2v) is 8.25. The zero-order valence-corrected chi connectivity index (χ0v) is 19.5. The van der Waals surface area contributed by atoms with Crippen molar-refractivity contribution in [3.8, 4) is 22.4 Å². The van der Waals surface area contributed by atoms with Crippen LogP contribution >= 0.6 is 11.3 Å². The number of carbonyl (C=O) groups excluding carboxylic acids is 1. The molecule has 0 saturated carbocycles. The van der Waals surface area contributed by atoms with Crippen LogP contribution in [-0.2, 0) is 0 Å². The van der Waals surface area contributed by atoms with Crippen LogP contribution in [0, 0.1) is 18.3 Å². The Hall–Kier alpha value is -2.47. The normalized spacial score (nSPS) is 12.1. The average molecular weight is 430 g/mol. The van der Waals surface area contributed by atoms with Crippen molar-refractivity contribution in [1.29, 1.82) is 5.26 Å². The maximum Gasteiger partial charge on any atom is 0.263 e. The first-order valence-electron chi connectivity index (χ1n) is 10.2. The van der Waals surface area contributed by atoms with Crippen LogP contribution in [0.1, 0.15) is 41.7 Å². The molecule has 0 aliphatic heterocycles. The molecular formula is C22H31N5O2S. The summed E-state index contributed by atoms with van der Waals surface area (Å²) in [6.45, 7) is 11.1. The van der Waals surface area contributed by atoms with Crippen molar-refractivity contribution in [3.63, 3.8) is 0 Å². The van der Waals surface area contributed by atoms with E-state index in [1.807, 2.05) is 38.9 Å². The Morgan fingerprint density at radius 3 is 2.63 bits per heavy atom.